The van der Waals surface area contributed by atoms with Crippen LogP contribution in [0.15, 0.2) is 66.7 Å². The predicted molar refractivity (Wildman–Crippen MR) is 98.5 cm³/mol. The van der Waals surface area contributed by atoms with Gasteiger partial charge in [0.1, 0.15) is 10.8 Å². The van der Waals surface area contributed by atoms with Gasteiger partial charge in [-0.25, -0.2) is 0 Å². The molecule has 0 unspecified atom stereocenters. The minimum absolute atomic E-state index is 0. The van der Waals surface area contributed by atoms with E-state index in [1.54, 1.807) is 12.1 Å². The van der Waals surface area contributed by atoms with Crippen molar-refractivity contribution in [2.75, 3.05) is 0 Å². The van der Waals surface area contributed by atoms with Gasteiger partial charge in [0.05, 0.1) is 5.56 Å². The maximum absolute atomic E-state index is 9.95. The van der Waals surface area contributed by atoms with Crippen LogP contribution < -0.4 is 0 Å². The zero-order chi connectivity index (χ0) is 14.9. The molecule has 110 valence electrons. The van der Waals surface area contributed by atoms with Gasteiger partial charge in [0.2, 0.25) is 0 Å². The van der Waals surface area contributed by atoms with Crippen LogP contribution >= 0.6 is 11.3 Å². The standard InChI is InChI=1S/C18H12N2OS.Be.2H/c21-16-11-4-3-9-15(16)18-20-19-17(22-18)14-10-5-7-12-6-1-2-8-13(12)14;;;/h1-11,21H;;;. The van der Waals surface area contributed by atoms with E-state index in [2.05, 4.69) is 34.5 Å². The first-order chi connectivity index (χ1) is 10.8. The summed E-state index contributed by atoms with van der Waals surface area (Å²) in [5.74, 6) is 0.225. The first kappa shape index (κ1) is 15.3. The van der Waals surface area contributed by atoms with Crippen LogP contribution in [0.1, 0.15) is 0 Å². The molecule has 0 amide bonds. The van der Waals surface area contributed by atoms with Crippen molar-refractivity contribution in [1.29, 1.82) is 0 Å². The van der Waals surface area contributed by atoms with E-state index in [4.69, 9.17) is 0 Å². The summed E-state index contributed by atoms with van der Waals surface area (Å²) in [6.07, 6.45) is 0. The van der Waals surface area contributed by atoms with Gasteiger partial charge in [-0.2, -0.15) is 0 Å². The number of aromatic nitrogens is 2. The van der Waals surface area contributed by atoms with Gasteiger partial charge in [-0.05, 0) is 22.9 Å². The number of aromatic hydroxyl groups is 1. The first-order valence-corrected chi connectivity index (χ1v) is 7.74. The molecule has 0 bridgehead atoms. The zero-order valence-electron chi connectivity index (χ0n) is 11.6. The first-order valence-electron chi connectivity index (χ1n) is 6.93. The maximum atomic E-state index is 9.95. The van der Waals surface area contributed by atoms with Crippen molar-refractivity contribution in [3.8, 4) is 26.9 Å². The fourth-order valence-corrected chi connectivity index (χ4v) is 3.42. The summed E-state index contributed by atoms with van der Waals surface area (Å²) >= 11 is 1.49. The number of hydrogen-bond donors (Lipinski definition) is 1. The molecule has 0 aliphatic heterocycles. The molecule has 4 aromatic rings. The molecule has 0 aliphatic rings. The molecule has 0 atom stereocenters. The molecule has 3 nitrogen and oxygen atoms in total. The Kier molecular flexibility index (Phi) is 4.20. The number of nitrogens with zero attached hydrogens (tertiary/aromatic N) is 2. The molecule has 0 aliphatic carbocycles. The van der Waals surface area contributed by atoms with Gasteiger partial charge in [-0.15, -0.1) is 10.2 Å². The van der Waals surface area contributed by atoms with Gasteiger partial charge in [-0.3, -0.25) is 0 Å². The second kappa shape index (κ2) is 6.29. The SMILES string of the molecule is Oc1ccccc1-c1nnc(-c2cccc3ccccc23)s1.[BeH2]. The van der Waals surface area contributed by atoms with Crippen molar-refractivity contribution < 1.29 is 5.11 Å². The van der Waals surface area contributed by atoms with Crippen LogP contribution in [0.5, 0.6) is 5.75 Å². The molecule has 1 heterocycles. The van der Waals surface area contributed by atoms with Crippen LogP contribution in [0.25, 0.3) is 31.9 Å². The van der Waals surface area contributed by atoms with Crippen molar-refractivity contribution in [2.24, 2.45) is 0 Å². The van der Waals surface area contributed by atoms with E-state index in [1.165, 1.54) is 16.7 Å². The quantitative estimate of drug-likeness (QED) is 0.572. The molecule has 0 fully saturated rings. The van der Waals surface area contributed by atoms with Gasteiger partial charge in [0, 0.05) is 5.56 Å². The van der Waals surface area contributed by atoms with Gasteiger partial charge in [-0.1, -0.05) is 65.9 Å². The summed E-state index contributed by atoms with van der Waals surface area (Å²) in [6, 6.07) is 21.6. The van der Waals surface area contributed by atoms with E-state index in [1.807, 2.05) is 30.3 Å². The van der Waals surface area contributed by atoms with Gasteiger partial charge >= 0.3 is 10.1 Å². The molecule has 0 spiro atoms. The Morgan fingerprint density at radius 3 is 2.13 bits per heavy atom. The molecule has 0 saturated heterocycles. The summed E-state index contributed by atoms with van der Waals surface area (Å²) in [6.45, 7) is 0. The molecule has 3 aromatic carbocycles. The summed E-state index contributed by atoms with van der Waals surface area (Å²) in [4.78, 5) is 0. The number of phenols is 1. The third-order valence-electron chi connectivity index (χ3n) is 3.58. The predicted octanol–water partition coefficient (Wildman–Crippen LogP) is 3.81. The monoisotopic (exact) mass is 315 g/mol. The molecular weight excluding hydrogens is 301 g/mol. The van der Waals surface area contributed by atoms with Crippen molar-refractivity contribution in [3.63, 3.8) is 0 Å². The molecule has 4 rings (SSSR count). The van der Waals surface area contributed by atoms with Crippen molar-refractivity contribution in [1.82, 2.24) is 10.2 Å². The van der Waals surface area contributed by atoms with Gasteiger partial charge in [0.25, 0.3) is 0 Å². The zero-order valence-corrected chi connectivity index (χ0v) is 12.4. The Morgan fingerprint density at radius 1 is 0.696 bits per heavy atom. The number of para-hydroxylation sites is 1. The Bertz CT molecular complexity index is 963. The minimum atomic E-state index is 0. The van der Waals surface area contributed by atoms with Crippen LogP contribution in [0.4, 0.5) is 0 Å². The Morgan fingerprint density at radius 2 is 1.30 bits per heavy atom. The van der Waals surface area contributed by atoms with E-state index in [0.29, 0.717) is 5.56 Å². The molecule has 0 radical (unpaired) electrons. The average molecular weight is 315 g/mol. The second-order valence-corrected chi connectivity index (χ2v) is 5.93. The Labute approximate surface area is 141 Å². The Balaban J connectivity index is 0.00000156. The molecule has 1 N–H and O–H groups in total. The normalized spacial score (nSPS) is 10.4. The van der Waals surface area contributed by atoms with Crippen molar-refractivity contribution in [2.45, 2.75) is 0 Å². The summed E-state index contributed by atoms with van der Waals surface area (Å²) < 4.78 is 0. The van der Waals surface area contributed by atoms with Crippen LogP contribution in [0.2, 0.25) is 0 Å². The number of fused-ring (bicyclic) bond motifs is 1. The van der Waals surface area contributed by atoms with Gasteiger partial charge in [0.15, 0.2) is 5.01 Å². The van der Waals surface area contributed by atoms with Crippen LogP contribution in [-0.2, 0) is 0 Å². The van der Waals surface area contributed by atoms with E-state index in [-0.39, 0.29) is 15.9 Å². The molecule has 1 aromatic heterocycles. The third kappa shape index (κ3) is 2.74. The fraction of sp³-hybridized carbons (Fsp3) is 0. The van der Waals surface area contributed by atoms with Crippen LogP contribution in [0.3, 0.4) is 0 Å². The summed E-state index contributed by atoms with van der Waals surface area (Å²) in [5, 5.41) is 22.4. The summed E-state index contributed by atoms with van der Waals surface area (Å²) in [7, 11) is 0. The van der Waals surface area contributed by atoms with Crippen LogP contribution in [-0.4, -0.2) is 25.4 Å². The number of phenolic OH excluding ortho intramolecular Hbond substituents is 1. The second-order valence-electron chi connectivity index (χ2n) is 4.96. The van der Waals surface area contributed by atoms with E-state index in [9.17, 15) is 5.11 Å². The third-order valence-corrected chi connectivity index (χ3v) is 4.57. The molecule has 23 heavy (non-hydrogen) atoms. The fourth-order valence-electron chi connectivity index (χ4n) is 2.51. The summed E-state index contributed by atoms with van der Waals surface area (Å²) in [5.41, 5.74) is 1.78. The van der Waals surface area contributed by atoms with E-state index >= 15 is 0 Å². The molecule has 5 heteroatoms. The molecule has 0 saturated carbocycles. The average Bonchev–Trinajstić information content (AvgIpc) is 3.04. The van der Waals surface area contributed by atoms with E-state index < -0.39 is 0 Å². The Hall–Kier alpha value is -2.55. The molecular formula is C18H14BeN2OS. The van der Waals surface area contributed by atoms with Gasteiger partial charge < -0.3 is 5.11 Å². The van der Waals surface area contributed by atoms with E-state index in [0.717, 1.165) is 21.0 Å². The number of benzene rings is 3. The number of rotatable bonds is 2. The van der Waals surface area contributed by atoms with Crippen molar-refractivity contribution in [3.05, 3.63) is 66.7 Å². The number of hydrogen-bond acceptors (Lipinski definition) is 4. The topological polar surface area (TPSA) is 46.0 Å². The van der Waals surface area contributed by atoms with Crippen LogP contribution in [0, 0.1) is 0 Å². The van der Waals surface area contributed by atoms with Crippen molar-refractivity contribution >= 4 is 32.2 Å².